The Balaban J connectivity index is 0. The van der Waals surface area contributed by atoms with Gasteiger partial charge in [0.25, 0.3) is 0 Å². The normalized spacial score (nSPS) is 12.6. The maximum atomic E-state index is 5.37. The maximum absolute atomic E-state index is 5.37. The molecule has 6 heteroatoms. The summed E-state index contributed by atoms with van der Waals surface area (Å²) in [5.74, 6) is 1.40. The van der Waals surface area contributed by atoms with Crippen molar-refractivity contribution < 1.29 is 4.74 Å². The molecule has 0 saturated carbocycles. The largest absolute Gasteiger partial charge is 0.382 e. The Kier molecular flexibility index (Phi) is 20.4. The second kappa shape index (κ2) is 19.2. The lowest BCUT2D eigenvalue weighted by Crippen LogP contribution is -2.43. The highest BCUT2D eigenvalue weighted by atomic mass is 127. The summed E-state index contributed by atoms with van der Waals surface area (Å²) in [5, 5.41) is 6.75. The van der Waals surface area contributed by atoms with Crippen molar-refractivity contribution in [1.29, 1.82) is 0 Å². The predicted octanol–water partition coefficient (Wildman–Crippen LogP) is 3.67. The molecule has 0 spiro atoms. The van der Waals surface area contributed by atoms with E-state index in [1.54, 1.807) is 0 Å². The Morgan fingerprint density at radius 2 is 1.77 bits per heavy atom. The number of aliphatic imine (C=N–C) groups is 1. The number of guanidine groups is 1. The molecule has 0 radical (unpaired) electrons. The molecule has 0 saturated heterocycles. The van der Waals surface area contributed by atoms with Gasteiger partial charge in [-0.3, -0.25) is 9.89 Å². The lowest BCUT2D eigenvalue weighted by molar-refractivity contribution is 0.143. The summed E-state index contributed by atoms with van der Waals surface area (Å²) in [6, 6.07) is 0.365. The van der Waals surface area contributed by atoms with Crippen LogP contribution in [-0.2, 0) is 4.74 Å². The lowest BCUT2D eigenvalue weighted by atomic mass is 10.0. The van der Waals surface area contributed by atoms with E-state index in [0.717, 1.165) is 64.7 Å². The number of unbranched alkanes of at least 4 members (excludes halogenated alkanes) is 1. The second-order valence-electron chi connectivity index (χ2n) is 6.39. The standard InChI is InChI=1S/C20H40N4O.HI/c1-7-14-24(15-8-2)19(18(5)6)17-23-20(21-9-3)22-13-11-12-16-25-10-4;/h7-8,18-19H,1-2,9-17H2,3-6H3,(H2,21,22,23);1H. The van der Waals surface area contributed by atoms with Gasteiger partial charge in [-0.05, 0) is 32.6 Å². The summed E-state index contributed by atoms with van der Waals surface area (Å²) in [6.07, 6.45) is 6.05. The molecular weight excluding hydrogens is 439 g/mol. The molecule has 5 nitrogen and oxygen atoms in total. The van der Waals surface area contributed by atoms with Crippen LogP contribution in [0.5, 0.6) is 0 Å². The molecule has 0 aliphatic rings. The zero-order valence-corrected chi connectivity index (χ0v) is 19.6. The van der Waals surface area contributed by atoms with Gasteiger partial charge in [0.15, 0.2) is 5.96 Å². The van der Waals surface area contributed by atoms with Gasteiger partial charge in [-0.15, -0.1) is 37.1 Å². The predicted molar refractivity (Wildman–Crippen MR) is 126 cm³/mol. The molecule has 0 heterocycles. The molecule has 1 unspecified atom stereocenters. The van der Waals surface area contributed by atoms with Crippen molar-refractivity contribution in [1.82, 2.24) is 15.5 Å². The van der Waals surface area contributed by atoms with Gasteiger partial charge in [0.1, 0.15) is 0 Å². The SMILES string of the molecule is C=CCN(CC=C)C(CN=C(NCC)NCCCCOCC)C(C)C.I. The van der Waals surface area contributed by atoms with Gasteiger partial charge in [-0.25, -0.2) is 0 Å². The minimum atomic E-state index is 0. The number of hydrogen-bond acceptors (Lipinski definition) is 3. The summed E-state index contributed by atoms with van der Waals surface area (Å²) < 4.78 is 5.37. The van der Waals surface area contributed by atoms with Crippen LogP contribution in [0.25, 0.3) is 0 Å². The highest BCUT2D eigenvalue weighted by Gasteiger charge is 2.20. The first-order valence-corrected chi connectivity index (χ1v) is 9.66. The van der Waals surface area contributed by atoms with E-state index in [4.69, 9.17) is 9.73 Å². The summed E-state index contributed by atoms with van der Waals surface area (Å²) in [4.78, 5) is 7.18. The van der Waals surface area contributed by atoms with Crippen molar-refractivity contribution in [3.8, 4) is 0 Å². The molecule has 0 rings (SSSR count). The molecule has 0 fully saturated rings. The van der Waals surface area contributed by atoms with Crippen LogP contribution in [0, 0.1) is 5.92 Å². The fourth-order valence-electron chi connectivity index (χ4n) is 2.63. The van der Waals surface area contributed by atoms with Crippen LogP contribution in [0.2, 0.25) is 0 Å². The van der Waals surface area contributed by atoms with Gasteiger partial charge in [0.05, 0.1) is 6.54 Å². The number of nitrogens with zero attached hydrogens (tertiary/aromatic N) is 2. The van der Waals surface area contributed by atoms with Crippen molar-refractivity contribution in [2.75, 3.05) is 45.9 Å². The average molecular weight is 480 g/mol. The van der Waals surface area contributed by atoms with Crippen molar-refractivity contribution in [2.45, 2.75) is 46.6 Å². The van der Waals surface area contributed by atoms with Crippen molar-refractivity contribution in [3.63, 3.8) is 0 Å². The van der Waals surface area contributed by atoms with Crippen molar-refractivity contribution in [2.24, 2.45) is 10.9 Å². The van der Waals surface area contributed by atoms with E-state index in [9.17, 15) is 0 Å². The van der Waals surface area contributed by atoms with Crippen molar-refractivity contribution >= 4 is 29.9 Å². The Morgan fingerprint density at radius 3 is 2.27 bits per heavy atom. The molecule has 0 bridgehead atoms. The minimum Gasteiger partial charge on any atom is -0.382 e. The summed E-state index contributed by atoms with van der Waals surface area (Å²) >= 11 is 0. The van der Waals surface area contributed by atoms with E-state index < -0.39 is 0 Å². The van der Waals surface area contributed by atoms with Gasteiger partial charge in [0, 0.05) is 45.4 Å². The molecule has 0 aromatic rings. The summed E-state index contributed by atoms with van der Waals surface area (Å²) in [5.41, 5.74) is 0. The smallest absolute Gasteiger partial charge is 0.191 e. The molecule has 26 heavy (non-hydrogen) atoms. The van der Waals surface area contributed by atoms with Gasteiger partial charge in [-0.1, -0.05) is 26.0 Å². The van der Waals surface area contributed by atoms with E-state index >= 15 is 0 Å². The van der Waals surface area contributed by atoms with Gasteiger partial charge < -0.3 is 15.4 Å². The van der Waals surface area contributed by atoms with Crippen LogP contribution < -0.4 is 10.6 Å². The third kappa shape index (κ3) is 13.6. The molecule has 0 aromatic carbocycles. The fourth-order valence-corrected chi connectivity index (χ4v) is 2.63. The first-order valence-electron chi connectivity index (χ1n) is 9.66. The van der Waals surface area contributed by atoms with Crippen LogP contribution >= 0.6 is 24.0 Å². The van der Waals surface area contributed by atoms with Crippen LogP contribution in [0.15, 0.2) is 30.3 Å². The molecular formula is C20H41IN4O. The van der Waals surface area contributed by atoms with E-state index in [0.29, 0.717) is 12.0 Å². The molecule has 0 aliphatic carbocycles. The first-order chi connectivity index (χ1) is 12.1. The summed E-state index contributed by atoms with van der Waals surface area (Å²) in [6.45, 7) is 22.2. The molecule has 2 N–H and O–H groups in total. The van der Waals surface area contributed by atoms with Crippen LogP contribution in [0.4, 0.5) is 0 Å². The Hall–Kier alpha value is -0.600. The number of nitrogens with one attached hydrogen (secondary N) is 2. The summed E-state index contributed by atoms with van der Waals surface area (Å²) in [7, 11) is 0. The first kappa shape index (κ1) is 27.6. The highest BCUT2D eigenvalue weighted by molar-refractivity contribution is 14.0. The fraction of sp³-hybridized carbons (Fsp3) is 0.750. The van der Waals surface area contributed by atoms with Gasteiger partial charge >= 0.3 is 0 Å². The number of ether oxygens (including phenoxy) is 1. The van der Waals surface area contributed by atoms with Gasteiger partial charge in [0.2, 0.25) is 0 Å². The topological polar surface area (TPSA) is 48.9 Å². The minimum absolute atomic E-state index is 0. The van der Waals surface area contributed by atoms with Crippen LogP contribution in [0.1, 0.15) is 40.5 Å². The Morgan fingerprint density at radius 1 is 1.12 bits per heavy atom. The second-order valence-corrected chi connectivity index (χ2v) is 6.39. The quantitative estimate of drug-likeness (QED) is 0.124. The molecule has 0 aliphatic heterocycles. The monoisotopic (exact) mass is 480 g/mol. The van der Waals surface area contributed by atoms with E-state index in [-0.39, 0.29) is 24.0 Å². The number of hydrogen-bond donors (Lipinski definition) is 2. The zero-order chi connectivity index (χ0) is 18.9. The third-order valence-corrected chi connectivity index (χ3v) is 3.96. The van der Waals surface area contributed by atoms with E-state index in [2.05, 4.69) is 49.5 Å². The molecule has 154 valence electrons. The van der Waals surface area contributed by atoms with Crippen LogP contribution in [-0.4, -0.2) is 62.8 Å². The molecule has 1 atom stereocenters. The van der Waals surface area contributed by atoms with E-state index in [1.807, 2.05) is 19.1 Å². The molecule has 0 aromatic heterocycles. The Bertz CT molecular complexity index is 365. The van der Waals surface area contributed by atoms with Gasteiger partial charge in [-0.2, -0.15) is 0 Å². The number of rotatable bonds is 15. The maximum Gasteiger partial charge on any atom is 0.191 e. The third-order valence-electron chi connectivity index (χ3n) is 3.96. The molecule has 0 amide bonds. The van der Waals surface area contributed by atoms with Crippen LogP contribution in [0.3, 0.4) is 0 Å². The lowest BCUT2D eigenvalue weighted by Gasteiger charge is -2.32. The number of halogens is 1. The zero-order valence-electron chi connectivity index (χ0n) is 17.3. The van der Waals surface area contributed by atoms with Crippen molar-refractivity contribution in [3.05, 3.63) is 25.3 Å². The highest BCUT2D eigenvalue weighted by Crippen LogP contribution is 2.11. The van der Waals surface area contributed by atoms with E-state index in [1.165, 1.54) is 0 Å². The Labute approximate surface area is 178 Å². The average Bonchev–Trinajstić information content (AvgIpc) is 2.58.